The van der Waals surface area contributed by atoms with Crippen LogP contribution >= 0.6 is 0 Å². The van der Waals surface area contributed by atoms with E-state index in [0.29, 0.717) is 6.04 Å². The lowest BCUT2D eigenvalue weighted by atomic mass is 9.83. The van der Waals surface area contributed by atoms with Crippen molar-refractivity contribution in [2.75, 3.05) is 13.6 Å². The molecule has 64 valence electrons. The summed E-state index contributed by atoms with van der Waals surface area (Å²) in [6.45, 7) is 1.29. The predicted molar refractivity (Wildman–Crippen MR) is 46.4 cm³/mol. The lowest BCUT2D eigenvalue weighted by Crippen LogP contribution is -2.40. The van der Waals surface area contributed by atoms with E-state index >= 15 is 0 Å². The predicted octanol–water partition coefficient (Wildman–Crippen LogP) is 0.818. The highest BCUT2D eigenvalue weighted by Gasteiger charge is 2.35. The third-order valence-electron chi connectivity index (χ3n) is 3.42. The highest BCUT2D eigenvalue weighted by atomic mass is 15.2. The van der Waals surface area contributed by atoms with Crippen molar-refractivity contribution in [3.8, 4) is 0 Å². The Labute approximate surface area is 68.7 Å². The van der Waals surface area contributed by atoms with Crippen LogP contribution in [0.25, 0.3) is 0 Å². The minimum absolute atomic E-state index is 0.483. The number of fused-ring (bicyclic) bond motifs is 1. The minimum atomic E-state index is 0.483. The van der Waals surface area contributed by atoms with Crippen LogP contribution in [0.15, 0.2) is 0 Å². The third-order valence-corrected chi connectivity index (χ3v) is 3.42. The van der Waals surface area contributed by atoms with Crippen molar-refractivity contribution >= 4 is 0 Å². The van der Waals surface area contributed by atoms with Crippen LogP contribution in [0.5, 0.6) is 0 Å². The van der Waals surface area contributed by atoms with Crippen molar-refractivity contribution in [3.05, 3.63) is 0 Å². The highest BCUT2D eigenvalue weighted by Crippen LogP contribution is 2.34. The molecule has 0 bridgehead atoms. The van der Waals surface area contributed by atoms with Gasteiger partial charge in [-0.2, -0.15) is 0 Å². The van der Waals surface area contributed by atoms with Gasteiger partial charge in [-0.05, 0) is 45.2 Å². The molecule has 0 aromatic rings. The van der Waals surface area contributed by atoms with Crippen LogP contribution < -0.4 is 5.73 Å². The lowest BCUT2D eigenvalue weighted by molar-refractivity contribution is 0.199. The topological polar surface area (TPSA) is 29.3 Å². The molecule has 0 spiro atoms. The van der Waals surface area contributed by atoms with E-state index in [1.165, 1.54) is 32.2 Å². The molecule has 2 heteroatoms. The van der Waals surface area contributed by atoms with E-state index in [2.05, 4.69) is 11.9 Å². The fraction of sp³-hybridized carbons (Fsp3) is 1.00. The van der Waals surface area contributed by atoms with Crippen molar-refractivity contribution in [1.29, 1.82) is 0 Å². The molecule has 0 radical (unpaired) electrons. The Bertz CT molecular complexity index is 146. The maximum Gasteiger partial charge on any atom is 0.0136 e. The van der Waals surface area contributed by atoms with Gasteiger partial charge < -0.3 is 10.6 Å². The van der Waals surface area contributed by atoms with Crippen molar-refractivity contribution in [1.82, 2.24) is 4.90 Å². The van der Waals surface area contributed by atoms with Crippen molar-refractivity contribution in [2.45, 2.75) is 37.8 Å². The number of nitrogens with zero attached hydrogens (tertiary/aromatic N) is 1. The molecule has 2 rings (SSSR count). The van der Waals surface area contributed by atoms with Gasteiger partial charge in [-0.15, -0.1) is 0 Å². The van der Waals surface area contributed by atoms with Crippen molar-refractivity contribution in [3.63, 3.8) is 0 Å². The molecule has 0 aromatic heterocycles. The second-order valence-electron chi connectivity index (χ2n) is 4.17. The molecule has 1 aliphatic heterocycles. The van der Waals surface area contributed by atoms with Gasteiger partial charge in [0.05, 0.1) is 0 Å². The number of nitrogens with two attached hydrogens (primary N) is 1. The molecule has 2 nitrogen and oxygen atoms in total. The van der Waals surface area contributed by atoms with Gasteiger partial charge in [-0.1, -0.05) is 0 Å². The minimum Gasteiger partial charge on any atom is -0.328 e. The van der Waals surface area contributed by atoms with Crippen LogP contribution in [0.3, 0.4) is 0 Å². The molecule has 1 aliphatic carbocycles. The molecule has 1 heterocycles. The monoisotopic (exact) mass is 154 g/mol. The molecule has 2 fully saturated rings. The van der Waals surface area contributed by atoms with E-state index in [4.69, 9.17) is 5.73 Å². The Hall–Kier alpha value is -0.0800. The summed E-state index contributed by atoms with van der Waals surface area (Å²) in [6.07, 6.45) is 5.28. The summed E-state index contributed by atoms with van der Waals surface area (Å²) in [4.78, 5) is 2.49. The smallest absolute Gasteiger partial charge is 0.0136 e. The average Bonchev–Trinajstić information content (AvgIpc) is 2.33. The summed E-state index contributed by atoms with van der Waals surface area (Å²) in [5.41, 5.74) is 5.93. The van der Waals surface area contributed by atoms with Crippen LogP contribution in [0.4, 0.5) is 0 Å². The Morgan fingerprint density at radius 3 is 2.91 bits per heavy atom. The number of hydrogen-bond donors (Lipinski definition) is 1. The molecule has 11 heavy (non-hydrogen) atoms. The first-order chi connectivity index (χ1) is 5.27. The molecule has 2 N–H and O–H groups in total. The van der Waals surface area contributed by atoms with E-state index in [1.54, 1.807) is 0 Å². The number of likely N-dealkylation sites (tertiary alicyclic amines) is 1. The average molecular weight is 154 g/mol. The molecule has 0 amide bonds. The largest absolute Gasteiger partial charge is 0.328 e. The Morgan fingerprint density at radius 2 is 2.09 bits per heavy atom. The third kappa shape index (κ3) is 1.30. The zero-order valence-corrected chi connectivity index (χ0v) is 7.29. The van der Waals surface area contributed by atoms with E-state index in [9.17, 15) is 0 Å². The summed E-state index contributed by atoms with van der Waals surface area (Å²) in [5.74, 6) is 0.972. The van der Waals surface area contributed by atoms with Gasteiger partial charge in [0.25, 0.3) is 0 Å². The molecule has 2 aliphatic rings. The molecule has 1 saturated carbocycles. The van der Waals surface area contributed by atoms with Gasteiger partial charge >= 0.3 is 0 Å². The first kappa shape index (κ1) is 7.56. The first-order valence-corrected chi connectivity index (χ1v) is 4.73. The molecule has 1 saturated heterocycles. The van der Waals surface area contributed by atoms with E-state index in [1.807, 2.05) is 0 Å². The molecule has 0 aromatic carbocycles. The maximum absolute atomic E-state index is 5.93. The number of rotatable bonds is 0. The van der Waals surface area contributed by atoms with E-state index in [0.717, 1.165) is 12.0 Å². The Morgan fingerprint density at radius 1 is 1.27 bits per heavy atom. The lowest BCUT2D eigenvalue weighted by Gasteiger charge is -2.32. The van der Waals surface area contributed by atoms with E-state index in [-0.39, 0.29) is 0 Å². The fourth-order valence-corrected chi connectivity index (χ4v) is 2.65. The van der Waals surface area contributed by atoms with Crippen LogP contribution in [0.2, 0.25) is 0 Å². The molecular weight excluding hydrogens is 136 g/mol. The number of hydrogen-bond acceptors (Lipinski definition) is 2. The standard InChI is InChI=1S/C9H18N2/c1-11-5-4-7-2-3-8(10)6-9(7)11/h7-9H,2-6,10H2,1H3. The normalized spacial score (nSPS) is 45.8. The van der Waals surface area contributed by atoms with Gasteiger partial charge in [0.15, 0.2) is 0 Å². The highest BCUT2D eigenvalue weighted by molar-refractivity contribution is 4.91. The Balaban J connectivity index is 2.01. The van der Waals surface area contributed by atoms with Gasteiger partial charge in [-0.3, -0.25) is 0 Å². The zero-order valence-electron chi connectivity index (χ0n) is 7.29. The Kier molecular flexibility index (Phi) is 1.90. The van der Waals surface area contributed by atoms with Crippen molar-refractivity contribution < 1.29 is 0 Å². The summed E-state index contributed by atoms with van der Waals surface area (Å²) >= 11 is 0. The maximum atomic E-state index is 5.93. The van der Waals surface area contributed by atoms with Crippen LogP contribution in [-0.2, 0) is 0 Å². The SMILES string of the molecule is CN1CCC2CCC(N)CC21. The summed E-state index contributed by atoms with van der Waals surface area (Å²) < 4.78 is 0. The van der Waals surface area contributed by atoms with Gasteiger partial charge in [0, 0.05) is 12.1 Å². The second-order valence-corrected chi connectivity index (χ2v) is 4.17. The first-order valence-electron chi connectivity index (χ1n) is 4.73. The van der Waals surface area contributed by atoms with Gasteiger partial charge in [0.2, 0.25) is 0 Å². The van der Waals surface area contributed by atoms with Crippen molar-refractivity contribution in [2.24, 2.45) is 11.7 Å². The van der Waals surface area contributed by atoms with Gasteiger partial charge in [-0.25, -0.2) is 0 Å². The second kappa shape index (κ2) is 2.76. The van der Waals surface area contributed by atoms with Crippen LogP contribution in [0.1, 0.15) is 25.7 Å². The summed E-state index contributed by atoms with van der Waals surface area (Å²) in [6, 6.07) is 1.30. The van der Waals surface area contributed by atoms with Crippen LogP contribution in [-0.4, -0.2) is 30.6 Å². The fourth-order valence-electron chi connectivity index (χ4n) is 2.65. The van der Waals surface area contributed by atoms with Crippen LogP contribution in [0, 0.1) is 5.92 Å². The molecule has 3 unspecified atom stereocenters. The summed E-state index contributed by atoms with van der Waals surface area (Å²) in [5, 5.41) is 0. The zero-order chi connectivity index (χ0) is 7.84. The van der Waals surface area contributed by atoms with Gasteiger partial charge in [0.1, 0.15) is 0 Å². The van der Waals surface area contributed by atoms with E-state index < -0.39 is 0 Å². The summed E-state index contributed by atoms with van der Waals surface area (Å²) in [7, 11) is 2.24. The quantitative estimate of drug-likeness (QED) is 0.559. The molecular formula is C9H18N2. The molecule has 3 atom stereocenters.